The molecule has 6 nitrogen and oxygen atoms in total. The minimum absolute atomic E-state index is 0.205. The highest BCUT2D eigenvalue weighted by Crippen LogP contribution is 2.18. The highest BCUT2D eigenvalue weighted by Gasteiger charge is 2.03. The molecule has 6 heteroatoms. The molecular formula is C16H16N4O2. The molecule has 0 radical (unpaired) electrons. The molecule has 0 saturated carbocycles. The lowest BCUT2D eigenvalue weighted by Crippen LogP contribution is -2.16. The van der Waals surface area contributed by atoms with Gasteiger partial charge in [0.1, 0.15) is 12.2 Å². The van der Waals surface area contributed by atoms with Gasteiger partial charge in [0, 0.05) is 23.1 Å². The summed E-state index contributed by atoms with van der Waals surface area (Å²) in [5, 5.41) is 12.2. The second-order valence-electron chi connectivity index (χ2n) is 4.61. The third-order valence-corrected chi connectivity index (χ3v) is 3.03. The fourth-order valence-corrected chi connectivity index (χ4v) is 1.98. The summed E-state index contributed by atoms with van der Waals surface area (Å²) < 4.78 is 7.15. The van der Waals surface area contributed by atoms with Gasteiger partial charge in [0.25, 0.3) is 5.91 Å². The highest BCUT2D eigenvalue weighted by atomic mass is 16.5. The quantitative estimate of drug-likeness (QED) is 0.678. The molecule has 1 N–H and O–H groups in total. The SMILES string of the molecule is COc1ccc(-n2cc(/C=N\NC(=O)CC#N)cc2C)cc1. The summed E-state index contributed by atoms with van der Waals surface area (Å²) in [4.78, 5) is 11.1. The van der Waals surface area contributed by atoms with Crippen LogP contribution in [0.5, 0.6) is 5.75 Å². The second kappa shape index (κ2) is 7.09. The van der Waals surface area contributed by atoms with Crippen molar-refractivity contribution in [1.82, 2.24) is 9.99 Å². The number of hydrazone groups is 1. The highest BCUT2D eigenvalue weighted by molar-refractivity contribution is 5.83. The summed E-state index contributed by atoms with van der Waals surface area (Å²) in [6, 6.07) is 11.4. The van der Waals surface area contributed by atoms with Crippen LogP contribution in [0.25, 0.3) is 5.69 Å². The number of nitrogens with zero attached hydrogens (tertiary/aromatic N) is 3. The van der Waals surface area contributed by atoms with Crippen molar-refractivity contribution in [3.05, 3.63) is 47.8 Å². The van der Waals surface area contributed by atoms with Crippen LogP contribution in [-0.4, -0.2) is 23.8 Å². The smallest absolute Gasteiger partial charge is 0.254 e. The van der Waals surface area contributed by atoms with Crippen LogP contribution in [-0.2, 0) is 4.79 Å². The molecule has 2 aromatic rings. The van der Waals surface area contributed by atoms with Crippen molar-refractivity contribution in [3.63, 3.8) is 0 Å². The molecule has 0 atom stereocenters. The number of aromatic nitrogens is 1. The first-order chi connectivity index (χ1) is 10.6. The lowest BCUT2D eigenvalue weighted by Gasteiger charge is -2.06. The van der Waals surface area contributed by atoms with Crippen LogP contribution in [0.3, 0.4) is 0 Å². The number of carbonyl (C=O) groups is 1. The van der Waals surface area contributed by atoms with E-state index in [2.05, 4.69) is 10.5 Å². The third kappa shape index (κ3) is 3.73. The van der Waals surface area contributed by atoms with Crippen molar-refractivity contribution < 1.29 is 9.53 Å². The fraction of sp³-hybridized carbons (Fsp3) is 0.188. The van der Waals surface area contributed by atoms with E-state index in [1.807, 2.05) is 48.0 Å². The Bertz CT molecular complexity index is 724. The first kappa shape index (κ1) is 15.3. The zero-order chi connectivity index (χ0) is 15.9. The van der Waals surface area contributed by atoms with Gasteiger partial charge in [0.2, 0.25) is 0 Å². The Hall–Kier alpha value is -3.07. The Kier molecular flexibility index (Phi) is 4.94. The molecule has 1 aromatic heterocycles. The molecule has 0 spiro atoms. The zero-order valence-corrected chi connectivity index (χ0v) is 12.4. The van der Waals surface area contributed by atoms with Crippen molar-refractivity contribution >= 4 is 12.1 Å². The zero-order valence-electron chi connectivity index (χ0n) is 12.4. The summed E-state index contributed by atoms with van der Waals surface area (Å²) >= 11 is 0. The van der Waals surface area contributed by atoms with E-state index >= 15 is 0 Å². The van der Waals surface area contributed by atoms with E-state index in [0.29, 0.717) is 0 Å². The predicted octanol–water partition coefficient (Wildman–Crippen LogP) is 2.16. The maximum absolute atomic E-state index is 11.1. The van der Waals surface area contributed by atoms with Gasteiger partial charge in [-0.25, -0.2) is 5.43 Å². The van der Waals surface area contributed by atoms with Crippen LogP contribution in [0.4, 0.5) is 0 Å². The molecule has 1 aromatic carbocycles. The Morgan fingerprint density at radius 1 is 1.45 bits per heavy atom. The number of ether oxygens (including phenoxy) is 1. The van der Waals surface area contributed by atoms with Crippen molar-refractivity contribution in [2.75, 3.05) is 7.11 Å². The monoisotopic (exact) mass is 296 g/mol. The molecule has 0 aliphatic carbocycles. The van der Waals surface area contributed by atoms with E-state index in [1.165, 1.54) is 0 Å². The Morgan fingerprint density at radius 3 is 2.82 bits per heavy atom. The standard InChI is InChI=1S/C16H16N4O2/c1-12-9-13(10-18-19-16(21)7-8-17)11-20(12)14-3-5-15(22-2)6-4-14/h3-6,9-11H,7H2,1-2H3,(H,19,21)/b18-10-. The lowest BCUT2D eigenvalue weighted by atomic mass is 10.3. The summed E-state index contributed by atoms with van der Waals surface area (Å²) in [5.41, 5.74) is 5.19. The molecule has 1 heterocycles. The molecule has 1 amide bonds. The second-order valence-corrected chi connectivity index (χ2v) is 4.61. The van der Waals surface area contributed by atoms with E-state index in [0.717, 1.165) is 22.7 Å². The van der Waals surface area contributed by atoms with Crippen LogP contribution >= 0.6 is 0 Å². The minimum Gasteiger partial charge on any atom is -0.497 e. The Labute approximate surface area is 128 Å². The Morgan fingerprint density at radius 2 is 2.18 bits per heavy atom. The topological polar surface area (TPSA) is 79.4 Å². The maximum atomic E-state index is 11.1. The van der Waals surface area contributed by atoms with Crippen LogP contribution in [0, 0.1) is 18.3 Å². The van der Waals surface area contributed by atoms with Crippen molar-refractivity contribution in [2.24, 2.45) is 5.10 Å². The van der Waals surface area contributed by atoms with Crippen molar-refractivity contribution in [3.8, 4) is 17.5 Å². The van der Waals surface area contributed by atoms with Crippen LogP contribution in [0.15, 0.2) is 41.6 Å². The van der Waals surface area contributed by atoms with Gasteiger partial charge < -0.3 is 9.30 Å². The van der Waals surface area contributed by atoms with Crippen LogP contribution in [0.1, 0.15) is 17.7 Å². The molecule has 0 aliphatic heterocycles. The van der Waals surface area contributed by atoms with Gasteiger partial charge in [-0.15, -0.1) is 0 Å². The van der Waals surface area contributed by atoms with Gasteiger partial charge >= 0.3 is 0 Å². The first-order valence-corrected chi connectivity index (χ1v) is 6.66. The number of nitrogens with one attached hydrogen (secondary N) is 1. The molecular weight excluding hydrogens is 280 g/mol. The van der Waals surface area contributed by atoms with E-state index < -0.39 is 5.91 Å². The van der Waals surface area contributed by atoms with E-state index in [4.69, 9.17) is 10.00 Å². The predicted molar refractivity (Wildman–Crippen MR) is 83.0 cm³/mol. The fourth-order valence-electron chi connectivity index (χ4n) is 1.98. The number of carbonyl (C=O) groups excluding carboxylic acids is 1. The number of hydrogen-bond donors (Lipinski definition) is 1. The molecule has 0 fully saturated rings. The van der Waals surface area contributed by atoms with Gasteiger partial charge in [-0.1, -0.05) is 0 Å². The molecule has 22 heavy (non-hydrogen) atoms. The van der Waals surface area contributed by atoms with Crippen LogP contribution < -0.4 is 10.2 Å². The summed E-state index contributed by atoms with van der Waals surface area (Å²) in [6.07, 6.45) is 3.25. The minimum atomic E-state index is -0.426. The van der Waals surface area contributed by atoms with Crippen molar-refractivity contribution in [2.45, 2.75) is 13.3 Å². The number of rotatable bonds is 5. The number of benzene rings is 1. The Balaban J connectivity index is 2.12. The number of aryl methyl sites for hydroxylation is 1. The van der Waals surface area contributed by atoms with Gasteiger partial charge in [-0.3, -0.25) is 4.79 Å². The number of methoxy groups -OCH3 is 1. The summed E-state index contributed by atoms with van der Waals surface area (Å²) in [7, 11) is 1.63. The third-order valence-electron chi connectivity index (χ3n) is 3.03. The maximum Gasteiger partial charge on any atom is 0.254 e. The number of nitriles is 1. The molecule has 112 valence electrons. The van der Waals surface area contributed by atoms with Crippen molar-refractivity contribution in [1.29, 1.82) is 5.26 Å². The van der Waals surface area contributed by atoms with E-state index in [-0.39, 0.29) is 6.42 Å². The molecule has 0 bridgehead atoms. The number of hydrogen-bond acceptors (Lipinski definition) is 4. The largest absolute Gasteiger partial charge is 0.497 e. The van der Waals surface area contributed by atoms with Crippen LogP contribution in [0.2, 0.25) is 0 Å². The van der Waals surface area contributed by atoms with Gasteiger partial charge in [0.15, 0.2) is 0 Å². The first-order valence-electron chi connectivity index (χ1n) is 6.66. The van der Waals surface area contributed by atoms with Gasteiger partial charge in [0.05, 0.1) is 19.4 Å². The molecule has 0 unspecified atom stereocenters. The summed E-state index contributed by atoms with van der Waals surface area (Å²) in [5.74, 6) is 0.376. The summed E-state index contributed by atoms with van der Waals surface area (Å²) in [6.45, 7) is 1.98. The normalized spacial score (nSPS) is 10.4. The average molecular weight is 296 g/mol. The van der Waals surface area contributed by atoms with Gasteiger partial charge in [-0.2, -0.15) is 10.4 Å². The molecule has 2 rings (SSSR count). The van der Waals surface area contributed by atoms with E-state index in [9.17, 15) is 4.79 Å². The van der Waals surface area contributed by atoms with Gasteiger partial charge in [-0.05, 0) is 37.3 Å². The number of amides is 1. The van der Waals surface area contributed by atoms with E-state index in [1.54, 1.807) is 19.4 Å². The average Bonchev–Trinajstić information content (AvgIpc) is 2.88. The molecule has 0 aliphatic rings. The lowest BCUT2D eigenvalue weighted by molar-refractivity contribution is -0.120. The molecule has 0 saturated heterocycles.